The molecule has 0 atom stereocenters. The van der Waals surface area contributed by atoms with Gasteiger partial charge in [-0.05, 0) is 18.6 Å². The number of hydrogen-bond donors (Lipinski definition) is 0. The number of hydrogen-bond acceptors (Lipinski definition) is 0. The first-order valence-corrected chi connectivity index (χ1v) is 5.03. The van der Waals surface area contributed by atoms with Crippen molar-refractivity contribution in [2.75, 3.05) is 0 Å². The molecule has 2 rings (SSSR count). The predicted octanol–water partition coefficient (Wildman–Crippen LogP) is 1.95. The zero-order valence-electron chi connectivity index (χ0n) is 9.24. The predicted molar refractivity (Wildman–Crippen MR) is 55.8 cm³/mol. The molecule has 1 aromatic carbocycles. The molecule has 4 heteroatoms. The molecule has 84 valence electrons. The average molecular weight is 223 g/mol. The Morgan fingerprint density at radius 1 is 1.31 bits per heavy atom. The van der Waals surface area contributed by atoms with E-state index in [-0.39, 0.29) is 0 Å². The van der Waals surface area contributed by atoms with Gasteiger partial charge in [-0.15, -0.1) is 4.68 Å². The van der Waals surface area contributed by atoms with E-state index in [0.717, 1.165) is 6.07 Å². The van der Waals surface area contributed by atoms with E-state index in [1.807, 2.05) is 34.9 Å². The molecule has 0 radical (unpaired) electrons. The number of halogens is 2. The van der Waals surface area contributed by atoms with Crippen molar-refractivity contribution in [1.82, 2.24) is 4.68 Å². The highest BCUT2D eigenvalue weighted by Gasteiger charge is 2.12. The Balaban J connectivity index is 2.39. The second-order valence-corrected chi connectivity index (χ2v) is 3.84. The second-order valence-electron chi connectivity index (χ2n) is 3.84. The van der Waals surface area contributed by atoms with E-state index in [0.29, 0.717) is 17.7 Å². The minimum absolute atomic E-state index is 0.404. The molecule has 0 unspecified atom stereocenters. The summed E-state index contributed by atoms with van der Waals surface area (Å²) in [5, 5.41) is 0. The third-order valence-corrected chi connectivity index (χ3v) is 2.67. The third kappa shape index (κ3) is 1.96. The first-order valence-electron chi connectivity index (χ1n) is 5.03. The molecular formula is C12H13F2N2+. The van der Waals surface area contributed by atoms with E-state index in [4.69, 9.17) is 0 Å². The topological polar surface area (TPSA) is 8.81 Å². The van der Waals surface area contributed by atoms with Crippen molar-refractivity contribution in [2.24, 2.45) is 7.05 Å². The molecule has 0 saturated carbocycles. The molecule has 0 bridgehead atoms. The molecule has 0 aliphatic heterocycles. The van der Waals surface area contributed by atoms with Crippen LogP contribution in [0.4, 0.5) is 8.78 Å². The normalized spacial score (nSPS) is 10.8. The van der Waals surface area contributed by atoms with Gasteiger partial charge in [0.15, 0.2) is 13.2 Å². The van der Waals surface area contributed by atoms with Crippen LogP contribution in [-0.2, 0) is 13.6 Å². The lowest BCUT2D eigenvalue weighted by Crippen LogP contribution is -2.38. The molecule has 0 spiro atoms. The fraction of sp³-hybridized carbons (Fsp3) is 0.250. The van der Waals surface area contributed by atoms with Crippen LogP contribution in [0.15, 0.2) is 30.6 Å². The summed E-state index contributed by atoms with van der Waals surface area (Å²) < 4.78 is 30.2. The highest BCUT2D eigenvalue weighted by molar-refractivity contribution is 5.28. The Bertz CT molecular complexity index is 494. The van der Waals surface area contributed by atoms with E-state index in [2.05, 4.69) is 0 Å². The maximum Gasteiger partial charge on any atom is 0.195 e. The van der Waals surface area contributed by atoms with Crippen molar-refractivity contribution in [3.05, 3.63) is 53.4 Å². The van der Waals surface area contributed by atoms with Crippen molar-refractivity contribution in [3.63, 3.8) is 0 Å². The van der Waals surface area contributed by atoms with Crippen LogP contribution < -0.4 is 4.68 Å². The minimum atomic E-state index is -0.532. The quantitative estimate of drug-likeness (QED) is 0.688. The van der Waals surface area contributed by atoms with Crippen LogP contribution in [-0.4, -0.2) is 4.68 Å². The van der Waals surface area contributed by atoms with Crippen LogP contribution in [0, 0.1) is 18.6 Å². The molecule has 1 heterocycles. The molecule has 0 aliphatic carbocycles. The van der Waals surface area contributed by atoms with Crippen molar-refractivity contribution in [1.29, 1.82) is 0 Å². The summed E-state index contributed by atoms with van der Waals surface area (Å²) in [4.78, 5) is 0. The number of nitrogens with zero attached hydrogens (tertiary/aromatic N) is 2. The number of aromatic nitrogens is 2. The van der Waals surface area contributed by atoms with Gasteiger partial charge in [0.05, 0.1) is 6.20 Å². The summed E-state index contributed by atoms with van der Waals surface area (Å²) in [5.41, 5.74) is 1.15. The van der Waals surface area contributed by atoms with Crippen LogP contribution in [0.1, 0.15) is 11.1 Å². The monoisotopic (exact) mass is 223 g/mol. The van der Waals surface area contributed by atoms with Gasteiger partial charge in [0.2, 0.25) is 0 Å². The van der Waals surface area contributed by atoms with Gasteiger partial charge in [0, 0.05) is 17.7 Å². The van der Waals surface area contributed by atoms with E-state index >= 15 is 0 Å². The lowest BCUT2D eigenvalue weighted by atomic mass is 10.1. The zero-order chi connectivity index (χ0) is 11.7. The summed E-state index contributed by atoms with van der Waals surface area (Å²) in [6.45, 7) is 2.12. The summed E-state index contributed by atoms with van der Waals surface area (Å²) in [6, 6.07) is 4.14. The smallest absolute Gasteiger partial charge is 0.195 e. The summed E-state index contributed by atoms with van der Waals surface area (Å²) in [7, 11) is 1.87. The zero-order valence-corrected chi connectivity index (χ0v) is 9.24. The summed E-state index contributed by atoms with van der Waals surface area (Å²) >= 11 is 0. The van der Waals surface area contributed by atoms with Gasteiger partial charge < -0.3 is 0 Å². The van der Waals surface area contributed by atoms with Crippen molar-refractivity contribution in [2.45, 2.75) is 13.5 Å². The molecule has 0 saturated heterocycles. The van der Waals surface area contributed by atoms with Crippen LogP contribution in [0.25, 0.3) is 0 Å². The molecule has 2 aromatic rings. The third-order valence-electron chi connectivity index (χ3n) is 2.67. The highest BCUT2D eigenvalue weighted by Crippen LogP contribution is 2.15. The first-order chi connectivity index (χ1) is 7.58. The van der Waals surface area contributed by atoms with Crippen LogP contribution in [0.2, 0.25) is 0 Å². The lowest BCUT2D eigenvalue weighted by Gasteiger charge is -2.07. The van der Waals surface area contributed by atoms with Crippen molar-refractivity contribution < 1.29 is 13.5 Å². The SMILES string of the molecule is Cc1cc(F)cc(F)c1Cn1ccc[n+]1C. The fourth-order valence-electron chi connectivity index (χ4n) is 1.71. The van der Waals surface area contributed by atoms with Gasteiger partial charge in [-0.25, -0.2) is 8.78 Å². The Labute approximate surface area is 92.7 Å². The molecule has 2 nitrogen and oxygen atoms in total. The van der Waals surface area contributed by atoms with Crippen LogP contribution in [0.3, 0.4) is 0 Å². The number of aryl methyl sites for hydroxylation is 2. The molecule has 1 aromatic heterocycles. The molecular weight excluding hydrogens is 210 g/mol. The van der Waals surface area contributed by atoms with Gasteiger partial charge in [0.25, 0.3) is 0 Å². The van der Waals surface area contributed by atoms with Crippen molar-refractivity contribution >= 4 is 0 Å². The Hall–Kier alpha value is -1.71. The van der Waals surface area contributed by atoms with Gasteiger partial charge >= 0.3 is 0 Å². The van der Waals surface area contributed by atoms with Gasteiger partial charge in [-0.3, -0.25) is 0 Å². The number of benzene rings is 1. The molecule has 0 amide bonds. The highest BCUT2D eigenvalue weighted by atomic mass is 19.1. The maximum absolute atomic E-state index is 13.6. The lowest BCUT2D eigenvalue weighted by molar-refractivity contribution is -0.752. The van der Waals surface area contributed by atoms with E-state index in [1.165, 1.54) is 6.07 Å². The van der Waals surface area contributed by atoms with Gasteiger partial charge in [-0.2, -0.15) is 4.68 Å². The van der Waals surface area contributed by atoms with Crippen LogP contribution in [0.5, 0.6) is 0 Å². The van der Waals surface area contributed by atoms with E-state index < -0.39 is 11.6 Å². The van der Waals surface area contributed by atoms with Crippen LogP contribution >= 0.6 is 0 Å². The molecule has 16 heavy (non-hydrogen) atoms. The molecule has 0 N–H and O–H groups in total. The average Bonchev–Trinajstić information content (AvgIpc) is 2.57. The van der Waals surface area contributed by atoms with E-state index in [9.17, 15) is 8.78 Å². The van der Waals surface area contributed by atoms with Crippen molar-refractivity contribution in [3.8, 4) is 0 Å². The second kappa shape index (κ2) is 4.04. The largest absolute Gasteiger partial charge is 0.207 e. The standard InChI is InChI=1S/C12H13F2N2/c1-9-6-10(13)7-12(14)11(9)8-16-5-3-4-15(16)2/h3-7H,8H2,1-2H3/q+1. The molecule has 0 aliphatic rings. The molecule has 0 fully saturated rings. The first kappa shape index (κ1) is 10.8. The van der Waals surface area contributed by atoms with Gasteiger partial charge in [-0.1, -0.05) is 0 Å². The Morgan fingerprint density at radius 2 is 2.06 bits per heavy atom. The Morgan fingerprint density at radius 3 is 2.62 bits per heavy atom. The summed E-state index contributed by atoms with van der Waals surface area (Å²) in [5.74, 6) is -1.03. The Kier molecular flexibility index (Phi) is 2.73. The fourth-order valence-corrected chi connectivity index (χ4v) is 1.71. The minimum Gasteiger partial charge on any atom is -0.207 e. The number of rotatable bonds is 2. The van der Waals surface area contributed by atoms with Gasteiger partial charge in [0.1, 0.15) is 18.2 Å². The van der Waals surface area contributed by atoms with E-state index in [1.54, 1.807) is 6.92 Å². The summed E-state index contributed by atoms with van der Waals surface area (Å²) in [6.07, 6.45) is 3.72. The maximum atomic E-state index is 13.6.